The molecule has 1 aliphatic rings. The number of aliphatic hydroxyl groups excluding tert-OH is 1. The highest BCUT2D eigenvalue weighted by atomic mass is 16.5. The molecule has 0 aromatic carbocycles. The molecule has 0 aromatic rings. The van der Waals surface area contributed by atoms with E-state index in [0.717, 1.165) is 19.3 Å². The number of aliphatic hydroxyl groups is 1. The molecule has 0 spiro atoms. The SMILES string of the molecule is O=C(O)C1CCOC1CCCCCCCCCCCCCCCO. The molecule has 4 heteroatoms. The number of carbonyl (C=O) groups is 1. The van der Waals surface area contributed by atoms with Gasteiger partial charge in [-0.3, -0.25) is 4.79 Å². The second-order valence-corrected chi connectivity index (χ2v) is 7.25. The zero-order chi connectivity index (χ0) is 17.5. The minimum absolute atomic E-state index is 0.0418. The van der Waals surface area contributed by atoms with E-state index < -0.39 is 5.97 Å². The summed E-state index contributed by atoms with van der Waals surface area (Å²) in [5.74, 6) is -0.959. The van der Waals surface area contributed by atoms with Crippen LogP contribution >= 0.6 is 0 Å². The van der Waals surface area contributed by atoms with E-state index in [1.54, 1.807) is 0 Å². The summed E-state index contributed by atoms with van der Waals surface area (Å²) >= 11 is 0. The van der Waals surface area contributed by atoms with Crippen molar-refractivity contribution in [2.45, 2.75) is 102 Å². The summed E-state index contributed by atoms with van der Waals surface area (Å²) in [6.45, 7) is 0.955. The van der Waals surface area contributed by atoms with Crippen LogP contribution in [0.2, 0.25) is 0 Å². The van der Waals surface area contributed by atoms with Crippen LogP contribution in [-0.2, 0) is 9.53 Å². The third kappa shape index (κ3) is 10.3. The van der Waals surface area contributed by atoms with Gasteiger partial charge in [0.1, 0.15) is 0 Å². The van der Waals surface area contributed by atoms with Crippen molar-refractivity contribution in [2.75, 3.05) is 13.2 Å². The number of carboxylic acids is 1. The minimum atomic E-state index is -0.689. The Morgan fingerprint density at radius 2 is 1.25 bits per heavy atom. The van der Waals surface area contributed by atoms with E-state index in [1.807, 2.05) is 0 Å². The summed E-state index contributed by atoms with van der Waals surface area (Å²) in [7, 11) is 0. The average molecular weight is 343 g/mol. The van der Waals surface area contributed by atoms with Gasteiger partial charge >= 0.3 is 5.97 Å². The van der Waals surface area contributed by atoms with Gasteiger partial charge in [-0.2, -0.15) is 0 Å². The maximum Gasteiger partial charge on any atom is 0.309 e. The Balaban J connectivity index is 1.79. The summed E-state index contributed by atoms with van der Waals surface area (Å²) < 4.78 is 5.55. The number of hydrogen-bond acceptors (Lipinski definition) is 3. The highest BCUT2D eigenvalue weighted by Gasteiger charge is 2.33. The Labute approximate surface area is 148 Å². The molecule has 24 heavy (non-hydrogen) atoms. The van der Waals surface area contributed by atoms with Crippen molar-refractivity contribution in [1.29, 1.82) is 0 Å². The highest BCUT2D eigenvalue weighted by Crippen LogP contribution is 2.25. The molecule has 4 nitrogen and oxygen atoms in total. The fourth-order valence-electron chi connectivity index (χ4n) is 3.62. The maximum atomic E-state index is 11.1. The number of carboxylic acid groups (broad SMARTS) is 1. The van der Waals surface area contributed by atoms with Gasteiger partial charge in [0.15, 0.2) is 0 Å². The van der Waals surface area contributed by atoms with Gasteiger partial charge in [0.2, 0.25) is 0 Å². The first kappa shape index (κ1) is 21.4. The van der Waals surface area contributed by atoms with Crippen molar-refractivity contribution in [1.82, 2.24) is 0 Å². The Kier molecular flexibility index (Phi) is 13.1. The molecular weight excluding hydrogens is 304 g/mol. The molecule has 1 heterocycles. The smallest absolute Gasteiger partial charge is 0.309 e. The van der Waals surface area contributed by atoms with Crippen molar-refractivity contribution >= 4 is 5.97 Å². The summed E-state index contributed by atoms with van der Waals surface area (Å²) in [5, 5.41) is 17.8. The molecule has 2 atom stereocenters. The van der Waals surface area contributed by atoms with E-state index >= 15 is 0 Å². The summed E-state index contributed by atoms with van der Waals surface area (Å²) in [6.07, 6.45) is 17.9. The van der Waals surface area contributed by atoms with Crippen LogP contribution in [0.3, 0.4) is 0 Å². The third-order valence-corrected chi connectivity index (χ3v) is 5.17. The van der Waals surface area contributed by atoms with Gasteiger partial charge in [-0.15, -0.1) is 0 Å². The zero-order valence-corrected chi connectivity index (χ0v) is 15.4. The van der Waals surface area contributed by atoms with Crippen LogP contribution in [0.5, 0.6) is 0 Å². The number of unbranched alkanes of at least 4 members (excludes halogenated alkanes) is 12. The van der Waals surface area contributed by atoms with Gasteiger partial charge in [0, 0.05) is 13.2 Å². The van der Waals surface area contributed by atoms with Gasteiger partial charge in [-0.1, -0.05) is 77.0 Å². The topological polar surface area (TPSA) is 66.8 Å². The van der Waals surface area contributed by atoms with Crippen LogP contribution in [0.1, 0.15) is 96.3 Å². The van der Waals surface area contributed by atoms with Crippen LogP contribution < -0.4 is 0 Å². The highest BCUT2D eigenvalue weighted by molar-refractivity contribution is 5.71. The second-order valence-electron chi connectivity index (χ2n) is 7.25. The molecule has 142 valence electrons. The monoisotopic (exact) mass is 342 g/mol. The quantitative estimate of drug-likeness (QED) is 0.390. The fraction of sp³-hybridized carbons (Fsp3) is 0.950. The first-order valence-electron chi connectivity index (χ1n) is 10.2. The van der Waals surface area contributed by atoms with Crippen LogP contribution in [0, 0.1) is 5.92 Å². The van der Waals surface area contributed by atoms with Crippen LogP contribution in [-0.4, -0.2) is 35.5 Å². The fourth-order valence-corrected chi connectivity index (χ4v) is 3.62. The molecule has 0 aromatic heterocycles. The molecule has 0 saturated carbocycles. The van der Waals surface area contributed by atoms with Crippen molar-refractivity contribution < 1.29 is 19.7 Å². The predicted molar refractivity (Wildman–Crippen MR) is 97.2 cm³/mol. The van der Waals surface area contributed by atoms with Gasteiger partial charge in [0.25, 0.3) is 0 Å². The largest absolute Gasteiger partial charge is 0.481 e. The van der Waals surface area contributed by atoms with E-state index in [0.29, 0.717) is 19.6 Å². The number of rotatable bonds is 16. The molecule has 0 bridgehead atoms. The van der Waals surface area contributed by atoms with E-state index in [-0.39, 0.29) is 12.0 Å². The van der Waals surface area contributed by atoms with Crippen molar-refractivity contribution in [3.05, 3.63) is 0 Å². The lowest BCUT2D eigenvalue weighted by Gasteiger charge is -2.14. The van der Waals surface area contributed by atoms with Crippen molar-refractivity contribution in [2.24, 2.45) is 5.92 Å². The summed E-state index contributed by atoms with van der Waals surface area (Å²) in [4.78, 5) is 11.1. The first-order valence-corrected chi connectivity index (χ1v) is 10.2. The lowest BCUT2D eigenvalue weighted by molar-refractivity contribution is -0.143. The van der Waals surface area contributed by atoms with E-state index in [2.05, 4.69) is 0 Å². The van der Waals surface area contributed by atoms with E-state index in [1.165, 1.54) is 70.6 Å². The lowest BCUT2D eigenvalue weighted by Crippen LogP contribution is -2.23. The Hall–Kier alpha value is -0.610. The standard InChI is InChI=1S/C20H38O4/c21-16-13-11-9-7-5-3-1-2-4-6-8-10-12-14-19-18(20(22)23)15-17-24-19/h18-19,21H,1-17H2,(H,22,23). The molecule has 1 saturated heterocycles. The van der Waals surface area contributed by atoms with Crippen LogP contribution in [0.4, 0.5) is 0 Å². The molecule has 0 amide bonds. The third-order valence-electron chi connectivity index (χ3n) is 5.17. The molecule has 0 aliphatic carbocycles. The molecule has 2 unspecified atom stereocenters. The Bertz CT molecular complexity index is 306. The van der Waals surface area contributed by atoms with Crippen LogP contribution in [0.15, 0.2) is 0 Å². The number of hydrogen-bond donors (Lipinski definition) is 2. The predicted octanol–water partition coefficient (Wildman–Crippen LogP) is 4.93. The van der Waals surface area contributed by atoms with Gasteiger partial charge in [0.05, 0.1) is 12.0 Å². The van der Waals surface area contributed by atoms with Crippen LogP contribution in [0.25, 0.3) is 0 Å². The molecule has 1 rings (SSSR count). The summed E-state index contributed by atoms with van der Waals surface area (Å²) in [6, 6.07) is 0. The molecule has 2 N–H and O–H groups in total. The average Bonchev–Trinajstić information content (AvgIpc) is 3.04. The molecule has 0 radical (unpaired) electrons. The van der Waals surface area contributed by atoms with Gasteiger partial charge < -0.3 is 14.9 Å². The zero-order valence-electron chi connectivity index (χ0n) is 15.4. The summed E-state index contributed by atoms with van der Waals surface area (Å²) in [5.41, 5.74) is 0. The van der Waals surface area contributed by atoms with E-state index in [9.17, 15) is 4.79 Å². The van der Waals surface area contributed by atoms with Crippen molar-refractivity contribution in [3.63, 3.8) is 0 Å². The normalized spacial score (nSPS) is 20.5. The Morgan fingerprint density at radius 1 is 0.792 bits per heavy atom. The number of aliphatic carboxylic acids is 1. The second kappa shape index (κ2) is 14.7. The molecular formula is C20H38O4. The molecule has 1 fully saturated rings. The first-order chi connectivity index (χ1) is 11.8. The van der Waals surface area contributed by atoms with Crippen molar-refractivity contribution in [3.8, 4) is 0 Å². The van der Waals surface area contributed by atoms with E-state index in [4.69, 9.17) is 14.9 Å². The lowest BCUT2D eigenvalue weighted by atomic mass is 9.96. The minimum Gasteiger partial charge on any atom is -0.481 e. The maximum absolute atomic E-state index is 11.1. The van der Waals surface area contributed by atoms with Gasteiger partial charge in [-0.05, 0) is 19.3 Å². The van der Waals surface area contributed by atoms with Gasteiger partial charge in [-0.25, -0.2) is 0 Å². The number of ether oxygens (including phenoxy) is 1. The molecule has 1 aliphatic heterocycles. The Morgan fingerprint density at radius 3 is 1.71 bits per heavy atom.